The summed E-state index contributed by atoms with van der Waals surface area (Å²) in [5, 5.41) is 8.09. The van der Waals surface area contributed by atoms with Gasteiger partial charge in [0.05, 0.1) is 13.2 Å². The van der Waals surface area contributed by atoms with E-state index in [-0.39, 0.29) is 11.9 Å². The molecule has 1 amide bonds. The number of para-hydroxylation sites is 1. The van der Waals surface area contributed by atoms with Gasteiger partial charge in [0.2, 0.25) is 5.88 Å². The molecule has 3 aromatic rings. The van der Waals surface area contributed by atoms with Crippen molar-refractivity contribution in [3.8, 4) is 5.88 Å². The summed E-state index contributed by atoms with van der Waals surface area (Å²) in [5.41, 5.74) is 1.25. The van der Waals surface area contributed by atoms with E-state index in [0.717, 1.165) is 16.7 Å². The molecule has 1 atom stereocenters. The largest absolute Gasteiger partial charge is 0.479 e. The number of carbonyl (C=O) groups is 1. The molecule has 1 aromatic carbocycles. The van der Waals surface area contributed by atoms with Gasteiger partial charge >= 0.3 is 0 Å². The summed E-state index contributed by atoms with van der Waals surface area (Å²) in [6, 6.07) is 9.79. The summed E-state index contributed by atoms with van der Waals surface area (Å²) >= 11 is 0. The number of ether oxygens (including phenoxy) is 1. The fourth-order valence-corrected chi connectivity index (χ4v) is 2.76. The lowest BCUT2D eigenvalue weighted by Gasteiger charge is -2.22. The second kappa shape index (κ2) is 6.98. The Hall–Kier alpha value is -2.80. The smallest absolute Gasteiger partial charge is 0.258 e. The Kier molecular flexibility index (Phi) is 4.76. The highest BCUT2D eigenvalue weighted by Crippen LogP contribution is 2.26. The predicted octanol–water partition coefficient (Wildman–Crippen LogP) is 2.21. The van der Waals surface area contributed by atoms with Crippen LogP contribution in [0.4, 0.5) is 0 Å². The maximum atomic E-state index is 12.5. The zero-order valence-corrected chi connectivity index (χ0v) is 14.8. The van der Waals surface area contributed by atoms with E-state index in [0.29, 0.717) is 18.0 Å². The van der Waals surface area contributed by atoms with Crippen molar-refractivity contribution in [3.63, 3.8) is 0 Å². The van der Waals surface area contributed by atoms with Gasteiger partial charge in [0, 0.05) is 25.2 Å². The molecule has 0 radical (unpaired) electrons. The van der Waals surface area contributed by atoms with Gasteiger partial charge in [-0.05, 0) is 26.2 Å². The minimum atomic E-state index is -0.229. The molecule has 0 saturated heterocycles. The number of hydrogen-bond donors (Lipinski definition) is 1. The van der Waals surface area contributed by atoms with Crippen LogP contribution in [-0.2, 0) is 7.05 Å². The van der Waals surface area contributed by atoms with E-state index < -0.39 is 0 Å². The summed E-state index contributed by atoms with van der Waals surface area (Å²) in [6.07, 6.45) is 1.64. The normalized spacial score (nSPS) is 12.5. The third kappa shape index (κ3) is 3.51. The number of carbonyl (C=O) groups excluding carboxylic acids is 1. The topological polar surface area (TPSA) is 72.5 Å². The molecule has 0 aliphatic rings. The van der Waals surface area contributed by atoms with E-state index in [2.05, 4.69) is 10.4 Å². The number of methoxy groups -OCH3 is 1. The Labute approximate surface area is 146 Å². The van der Waals surface area contributed by atoms with Crippen LogP contribution in [0, 0.1) is 0 Å². The van der Waals surface area contributed by atoms with Crippen LogP contribution in [0.5, 0.6) is 5.88 Å². The van der Waals surface area contributed by atoms with Crippen molar-refractivity contribution in [2.45, 2.75) is 6.04 Å². The summed E-state index contributed by atoms with van der Waals surface area (Å²) < 4.78 is 12.6. The highest BCUT2D eigenvalue weighted by molar-refractivity contribution is 5.96. The molecule has 1 N–H and O–H groups in total. The summed E-state index contributed by atoms with van der Waals surface area (Å²) in [4.78, 5) is 14.5. The standard InChI is InChI=1S/C18H22N4O3/c1-21(2)14(16-9-12-7-5-6-8-15(12)25-16)10-19-17(23)13-11-22(3)20-18(13)24-4/h5-9,11,14H,10H2,1-4H3,(H,19,23)/t14-/m0/s1. The molecule has 7 heteroatoms. The molecule has 2 aromatic heterocycles. The lowest BCUT2D eigenvalue weighted by atomic mass is 10.1. The number of furan rings is 1. The molecule has 0 unspecified atom stereocenters. The van der Waals surface area contributed by atoms with Crippen molar-refractivity contribution in [3.05, 3.63) is 47.9 Å². The molecule has 0 saturated carbocycles. The molecule has 0 aliphatic heterocycles. The van der Waals surface area contributed by atoms with Crippen molar-refractivity contribution in [2.24, 2.45) is 7.05 Å². The third-order valence-electron chi connectivity index (χ3n) is 4.09. The van der Waals surface area contributed by atoms with E-state index in [1.54, 1.807) is 17.9 Å². The number of rotatable bonds is 6. The first-order chi connectivity index (χ1) is 12.0. The SMILES string of the molecule is COc1nn(C)cc1C(=O)NC[C@@H](c1cc2ccccc2o1)N(C)C. The molecular formula is C18H22N4O3. The number of nitrogens with zero attached hydrogens (tertiary/aromatic N) is 3. The molecule has 0 spiro atoms. The predicted molar refractivity (Wildman–Crippen MR) is 94.7 cm³/mol. The van der Waals surface area contributed by atoms with Gasteiger partial charge < -0.3 is 14.5 Å². The second-order valence-corrected chi connectivity index (χ2v) is 6.10. The van der Waals surface area contributed by atoms with Crippen molar-refractivity contribution >= 4 is 16.9 Å². The first-order valence-corrected chi connectivity index (χ1v) is 8.00. The van der Waals surface area contributed by atoms with Crippen LogP contribution >= 0.6 is 0 Å². The molecule has 0 fully saturated rings. The first-order valence-electron chi connectivity index (χ1n) is 8.00. The van der Waals surface area contributed by atoms with Crippen LogP contribution in [0.3, 0.4) is 0 Å². The number of amides is 1. The average Bonchev–Trinajstić information content (AvgIpc) is 3.17. The van der Waals surface area contributed by atoms with Crippen LogP contribution in [0.2, 0.25) is 0 Å². The Balaban J connectivity index is 1.77. The van der Waals surface area contributed by atoms with Gasteiger partial charge in [-0.3, -0.25) is 14.4 Å². The van der Waals surface area contributed by atoms with Gasteiger partial charge in [-0.2, -0.15) is 0 Å². The molecule has 25 heavy (non-hydrogen) atoms. The fourth-order valence-electron chi connectivity index (χ4n) is 2.76. The number of aromatic nitrogens is 2. The summed E-state index contributed by atoms with van der Waals surface area (Å²) in [6.45, 7) is 0.406. The van der Waals surface area contributed by atoms with E-state index in [1.807, 2.05) is 49.3 Å². The molecule has 132 valence electrons. The van der Waals surface area contributed by atoms with Gasteiger partial charge in [-0.1, -0.05) is 18.2 Å². The Morgan fingerprint density at radius 1 is 1.40 bits per heavy atom. The van der Waals surface area contributed by atoms with Crippen LogP contribution in [0.25, 0.3) is 11.0 Å². The Morgan fingerprint density at radius 3 is 2.84 bits per heavy atom. The van der Waals surface area contributed by atoms with E-state index in [9.17, 15) is 4.79 Å². The van der Waals surface area contributed by atoms with E-state index in [1.165, 1.54) is 7.11 Å². The number of hydrogen-bond acceptors (Lipinski definition) is 5. The van der Waals surface area contributed by atoms with Crippen LogP contribution in [-0.4, -0.2) is 48.3 Å². The van der Waals surface area contributed by atoms with Crippen molar-refractivity contribution in [2.75, 3.05) is 27.7 Å². The quantitative estimate of drug-likeness (QED) is 0.743. The summed E-state index contributed by atoms with van der Waals surface area (Å²) in [7, 11) is 7.15. The monoisotopic (exact) mass is 342 g/mol. The Morgan fingerprint density at radius 2 is 2.16 bits per heavy atom. The molecule has 3 rings (SSSR count). The number of aryl methyl sites for hydroxylation is 1. The average molecular weight is 342 g/mol. The van der Waals surface area contributed by atoms with Crippen molar-refractivity contribution < 1.29 is 13.9 Å². The number of fused-ring (bicyclic) bond motifs is 1. The maximum absolute atomic E-state index is 12.5. The highest BCUT2D eigenvalue weighted by Gasteiger charge is 2.22. The van der Waals surface area contributed by atoms with Crippen LogP contribution in [0.15, 0.2) is 40.9 Å². The number of likely N-dealkylation sites (N-methyl/N-ethyl adjacent to an activating group) is 1. The number of nitrogens with one attached hydrogen (secondary N) is 1. The third-order valence-corrected chi connectivity index (χ3v) is 4.09. The minimum absolute atomic E-state index is 0.0842. The molecule has 7 nitrogen and oxygen atoms in total. The summed E-state index contributed by atoms with van der Waals surface area (Å²) in [5.74, 6) is 0.891. The Bertz CT molecular complexity index is 848. The van der Waals surface area contributed by atoms with Crippen LogP contribution < -0.4 is 10.1 Å². The van der Waals surface area contributed by atoms with Gasteiger partial charge in [0.15, 0.2) is 0 Å². The van der Waals surface area contributed by atoms with Gasteiger partial charge in [0.1, 0.15) is 16.9 Å². The van der Waals surface area contributed by atoms with Gasteiger partial charge in [-0.15, -0.1) is 5.10 Å². The highest BCUT2D eigenvalue weighted by atomic mass is 16.5. The second-order valence-electron chi connectivity index (χ2n) is 6.10. The molecule has 2 heterocycles. The first kappa shape index (κ1) is 17.0. The van der Waals surface area contributed by atoms with Crippen molar-refractivity contribution in [1.82, 2.24) is 20.0 Å². The zero-order chi connectivity index (χ0) is 18.0. The van der Waals surface area contributed by atoms with Gasteiger partial charge in [-0.25, -0.2) is 0 Å². The minimum Gasteiger partial charge on any atom is -0.479 e. The maximum Gasteiger partial charge on any atom is 0.258 e. The van der Waals surface area contributed by atoms with E-state index >= 15 is 0 Å². The zero-order valence-electron chi connectivity index (χ0n) is 14.8. The molecule has 0 bridgehead atoms. The number of benzene rings is 1. The lowest BCUT2D eigenvalue weighted by Crippen LogP contribution is -2.34. The lowest BCUT2D eigenvalue weighted by molar-refractivity contribution is 0.0936. The van der Waals surface area contributed by atoms with E-state index in [4.69, 9.17) is 9.15 Å². The molecular weight excluding hydrogens is 320 g/mol. The van der Waals surface area contributed by atoms with Crippen molar-refractivity contribution in [1.29, 1.82) is 0 Å². The fraction of sp³-hybridized carbons (Fsp3) is 0.333. The van der Waals surface area contributed by atoms with Gasteiger partial charge in [0.25, 0.3) is 5.91 Å². The molecule has 0 aliphatic carbocycles. The van der Waals surface area contributed by atoms with Crippen LogP contribution in [0.1, 0.15) is 22.2 Å².